The van der Waals surface area contributed by atoms with Crippen LogP contribution in [-0.4, -0.2) is 51.6 Å². The number of nitrogens with zero attached hydrogens (tertiary/aromatic N) is 3. The molecule has 0 saturated carbocycles. The van der Waals surface area contributed by atoms with E-state index >= 15 is 0 Å². The molecule has 4 heterocycles. The number of hydrogen-bond donors (Lipinski definition) is 1. The largest absolute Gasteiger partial charge is 0.454 e. The van der Waals surface area contributed by atoms with Crippen molar-refractivity contribution < 1.29 is 19.0 Å². The van der Waals surface area contributed by atoms with Crippen LogP contribution < -0.4 is 20.3 Å². The van der Waals surface area contributed by atoms with Gasteiger partial charge in [0.25, 0.3) is 11.5 Å². The zero-order valence-corrected chi connectivity index (χ0v) is 20.7. The van der Waals surface area contributed by atoms with Gasteiger partial charge >= 0.3 is 0 Å². The smallest absolute Gasteiger partial charge is 0.267 e. The highest BCUT2D eigenvalue weighted by molar-refractivity contribution is 8.26. The van der Waals surface area contributed by atoms with E-state index in [2.05, 4.69) is 10.3 Å². The Kier molecular flexibility index (Phi) is 6.46. The molecule has 2 aliphatic heterocycles. The van der Waals surface area contributed by atoms with Crippen LogP contribution in [0.4, 0.5) is 5.82 Å². The third-order valence-corrected chi connectivity index (χ3v) is 6.95. The van der Waals surface area contributed by atoms with Crippen LogP contribution in [0.5, 0.6) is 11.5 Å². The van der Waals surface area contributed by atoms with Crippen LogP contribution in [0.2, 0.25) is 0 Å². The summed E-state index contributed by atoms with van der Waals surface area (Å²) in [7, 11) is 1.56. The van der Waals surface area contributed by atoms with Gasteiger partial charge in [-0.25, -0.2) is 4.98 Å². The molecule has 9 nitrogen and oxygen atoms in total. The molecular formula is C24H22N4O5S2. The number of carbonyl (C=O) groups is 1. The second kappa shape index (κ2) is 9.68. The van der Waals surface area contributed by atoms with Gasteiger partial charge in [-0.2, -0.15) is 0 Å². The Morgan fingerprint density at radius 1 is 1.23 bits per heavy atom. The third kappa shape index (κ3) is 4.62. The summed E-state index contributed by atoms with van der Waals surface area (Å²) in [6, 6.07) is 9.32. The number of aryl methyl sites for hydroxylation is 1. The average Bonchev–Trinajstić information content (AvgIpc) is 3.42. The summed E-state index contributed by atoms with van der Waals surface area (Å²) in [6.07, 6.45) is 3.30. The standard InChI is InChI=1S/C24H22N4O5S2/c1-14-3-6-20-26-21(25-11-15-4-5-17-18(9-15)33-13-32-17)16(22(29)28(20)12-14)10-19-23(30)27(7-8-31-2)24(34)35-19/h3-6,9-10,12,25H,7-8,11,13H2,1-2H3. The molecule has 35 heavy (non-hydrogen) atoms. The Bertz CT molecular complexity index is 1440. The van der Waals surface area contributed by atoms with Gasteiger partial charge in [0.2, 0.25) is 6.79 Å². The van der Waals surface area contributed by atoms with Crippen LogP contribution in [0.25, 0.3) is 11.7 Å². The maximum Gasteiger partial charge on any atom is 0.267 e. The number of rotatable bonds is 7. The molecule has 1 fully saturated rings. The fraction of sp³-hybridized carbons (Fsp3) is 0.250. The quantitative estimate of drug-likeness (QED) is 0.380. The predicted octanol–water partition coefficient (Wildman–Crippen LogP) is 3.19. The minimum absolute atomic E-state index is 0.196. The first-order chi connectivity index (χ1) is 16.9. The molecule has 1 aromatic carbocycles. The van der Waals surface area contributed by atoms with E-state index < -0.39 is 0 Å². The third-order valence-electron chi connectivity index (χ3n) is 5.57. The number of nitrogens with one attached hydrogen (secondary N) is 1. The SMILES string of the molecule is COCCN1C(=O)C(=Cc2c(NCc3ccc4c(c3)OCO4)nc3ccc(C)cn3c2=O)SC1=S. The second-order valence-corrected chi connectivity index (χ2v) is 9.66. The van der Waals surface area contributed by atoms with Crippen LogP contribution in [-0.2, 0) is 16.1 Å². The minimum Gasteiger partial charge on any atom is -0.454 e. The fourth-order valence-electron chi connectivity index (χ4n) is 3.77. The molecule has 2 aromatic heterocycles. The number of fused-ring (bicyclic) bond motifs is 2. The molecular weight excluding hydrogens is 488 g/mol. The highest BCUT2D eigenvalue weighted by Crippen LogP contribution is 2.34. The van der Waals surface area contributed by atoms with E-state index in [9.17, 15) is 9.59 Å². The molecule has 5 rings (SSSR count). The minimum atomic E-state index is -0.283. The Balaban J connectivity index is 1.52. The summed E-state index contributed by atoms with van der Waals surface area (Å²) in [5.74, 6) is 1.49. The monoisotopic (exact) mass is 510 g/mol. The first-order valence-electron chi connectivity index (χ1n) is 10.8. The molecule has 1 saturated heterocycles. The molecule has 0 radical (unpaired) electrons. The number of pyridine rings is 1. The Hall–Kier alpha value is -3.41. The second-order valence-electron chi connectivity index (χ2n) is 7.98. The van der Waals surface area contributed by atoms with Gasteiger partial charge in [-0.15, -0.1) is 0 Å². The number of ether oxygens (including phenoxy) is 3. The lowest BCUT2D eigenvalue weighted by Crippen LogP contribution is -2.31. The van der Waals surface area contributed by atoms with Gasteiger partial charge in [-0.3, -0.25) is 18.9 Å². The van der Waals surface area contributed by atoms with E-state index in [1.54, 1.807) is 25.4 Å². The number of amides is 1. The summed E-state index contributed by atoms with van der Waals surface area (Å²) in [5, 5.41) is 3.26. The number of thiocarbonyl (C=S) groups is 1. The number of thioether (sulfide) groups is 1. The van der Waals surface area contributed by atoms with Gasteiger partial charge in [0.15, 0.2) is 11.5 Å². The van der Waals surface area contributed by atoms with Gasteiger partial charge in [0, 0.05) is 19.9 Å². The van der Waals surface area contributed by atoms with E-state index in [0.29, 0.717) is 51.9 Å². The lowest BCUT2D eigenvalue weighted by Gasteiger charge is -2.13. The average molecular weight is 511 g/mol. The summed E-state index contributed by atoms with van der Waals surface area (Å²) in [6.45, 7) is 3.20. The maximum atomic E-state index is 13.5. The summed E-state index contributed by atoms with van der Waals surface area (Å²) in [4.78, 5) is 33.0. The molecule has 1 amide bonds. The lowest BCUT2D eigenvalue weighted by atomic mass is 10.2. The van der Waals surface area contributed by atoms with Crippen molar-refractivity contribution in [2.24, 2.45) is 0 Å². The van der Waals surface area contributed by atoms with Crippen molar-refractivity contribution in [1.82, 2.24) is 14.3 Å². The molecule has 2 aliphatic rings. The normalized spacial score (nSPS) is 16.1. The zero-order chi connectivity index (χ0) is 24.5. The van der Waals surface area contributed by atoms with E-state index in [1.165, 1.54) is 9.30 Å². The topological polar surface area (TPSA) is 94.4 Å². The van der Waals surface area contributed by atoms with Crippen LogP contribution in [0, 0.1) is 6.92 Å². The molecule has 1 N–H and O–H groups in total. The molecule has 0 unspecified atom stereocenters. The number of methoxy groups -OCH3 is 1. The number of hydrogen-bond acceptors (Lipinski definition) is 9. The van der Waals surface area contributed by atoms with E-state index in [-0.39, 0.29) is 23.8 Å². The van der Waals surface area contributed by atoms with Crippen LogP contribution in [0.15, 0.2) is 46.2 Å². The first kappa shape index (κ1) is 23.3. The predicted molar refractivity (Wildman–Crippen MR) is 138 cm³/mol. The number of carbonyl (C=O) groups excluding carboxylic acids is 1. The van der Waals surface area contributed by atoms with Gasteiger partial charge in [-0.1, -0.05) is 36.1 Å². The Labute approximate surface area is 210 Å². The molecule has 3 aromatic rings. The van der Waals surface area contributed by atoms with Crippen LogP contribution in [0.1, 0.15) is 16.7 Å². The summed E-state index contributed by atoms with van der Waals surface area (Å²) < 4.78 is 17.8. The van der Waals surface area contributed by atoms with Crippen molar-refractivity contribution in [3.8, 4) is 11.5 Å². The highest BCUT2D eigenvalue weighted by Gasteiger charge is 2.32. The van der Waals surface area contributed by atoms with Crippen molar-refractivity contribution in [2.45, 2.75) is 13.5 Å². The lowest BCUT2D eigenvalue weighted by molar-refractivity contribution is -0.122. The number of aromatic nitrogens is 2. The Morgan fingerprint density at radius 3 is 2.89 bits per heavy atom. The van der Waals surface area contributed by atoms with Crippen molar-refractivity contribution in [3.05, 3.63) is 68.5 Å². The van der Waals surface area contributed by atoms with E-state index in [1.807, 2.05) is 31.2 Å². The maximum absolute atomic E-state index is 13.5. The zero-order valence-electron chi connectivity index (χ0n) is 19.1. The van der Waals surface area contributed by atoms with Crippen molar-refractivity contribution in [2.75, 3.05) is 32.4 Å². The van der Waals surface area contributed by atoms with Gasteiger partial charge in [-0.05, 0) is 42.3 Å². The first-order valence-corrected chi connectivity index (χ1v) is 12.1. The number of benzene rings is 1. The van der Waals surface area contributed by atoms with E-state index in [0.717, 1.165) is 22.9 Å². The van der Waals surface area contributed by atoms with Crippen molar-refractivity contribution >= 4 is 51.7 Å². The van der Waals surface area contributed by atoms with Crippen molar-refractivity contribution in [1.29, 1.82) is 0 Å². The van der Waals surface area contributed by atoms with E-state index in [4.69, 9.17) is 26.4 Å². The molecule has 180 valence electrons. The van der Waals surface area contributed by atoms with Gasteiger partial charge in [0.1, 0.15) is 15.8 Å². The fourth-order valence-corrected chi connectivity index (χ4v) is 5.06. The van der Waals surface area contributed by atoms with Gasteiger partial charge in [0.05, 0.1) is 23.6 Å². The summed E-state index contributed by atoms with van der Waals surface area (Å²) >= 11 is 6.53. The number of anilines is 1. The molecule has 0 aliphatic carbocycles. The highest BCUT2D eigenvalue weighted by atomic mass is 32.2. The van der Waals surface area contributed by atoms with Crippen LogP contribution in [0.3, 0.4) is 0 Å². The molecule has 11 heteroatoms. The molecule has 0 atom stereocenters. The molecule has 0 spiro atoms. The Morgan fingerprint density at radius 2 is 2.06 bits per heavy atom. The van der Waals surface area contributed by atoms with Gasteiger partial charge < -0.3 is 19.5 Å². The van der Waals surface area contributed by atoms with Crippen LogP contribution >= 0.6 is 24.0 Å². The molecule has 0 bridgehead atoms. The van der Waals surface area contributed by atoms with Crippen molar-refractivity contribution in [3.63, 3.8) is 0 Å². The summed E-state index contributed by atoms with van der Waals surface area (Å²) in [5.41, 5.74) is 2.34.